The van der Waals surface area contributed by atoms with Crippen LogP contribution in [-0.4, -0.2) is 43.2 Å². The normalized spacial score (nSPS) is 20.0. The predicted octanol–water partition coefficient (Wildman–Crippen LogP) is 6.89. The number of likely N-dealkylation sites (tertiary alicyclic amines) is 1. The topological polar surface area (TPSA) is 32.5 Å². The Morgan fingerprint density at radius 3 is 2.18 bits per heavy atom. The zero-order valence-electron chi connectivity index (χ0n) is 22.3. The number of benzene rings is 1. The Morgan fingerprint density at radius 1 is 0.909 bits per heavy atom. The molecule has 188 valence electrons. The van der Waals surface area contributed by atoms with E-state index in [4.69, 9.17) is 5.73 Å². The monoisotopic (exact) mass is 455 g/mol. The van der Waals surface area contributed by atoms with Crippen molar-refractivity contribution in [2.24, 2.45) is 23.5 Å². The molecule has 1 atom stereocenters. The number of aryl methyl sites for hydroxylation is 1. The van der Waals surface area contributed by atoms with Crippen LogP contribution < -0.4 is 10.6 Å². The van der Waals surface area contributed by atoms with Crippen molar-refractivity contribution in [2.75, 3.05) is 31.1 Å². The second kappa shape index (κ2) is 13.7. The van der Waals surface area contributed by atoms with Crippen LogP contribution in [0.4, 0.5) is 5.69 Å². The van der Waals surface area contributed by atoms with Gasteiger partial charge < -0.3 is 15.5 Å². The highest BCUT2D eigenvalue weighted by Crippen LogP contribution is 2.29. The first kappa shape index (κ1) is 26.5. The van der Waals surface area contributed by atoms with E-state index in [9.17, 15) is 0 Å². The first-order valence-electron chi connectivity index (χ1n) is 14.2. The van der Waals surface area contributed by atoms with Crippen LogP contribution >= 0.6 is 0 Å². The third-order valence-electron chi connectivity index (χ3n) is 8.05. The fourth-order valence-corrected chi connectivity index (χ4v) is 6.05. The number of nitrogens with zero attached hydrogens (tertiary/aromatic N) is 2. The molecule has 1 aromatic carbocycles. The molecule has 3 rings (SSSR count). The SMILES string of the molecule is CC(C)CCN(c1ccc(CCC2CCCCC2)cc1)C1CCN(C[C@@H](N)CC(C)C)CC1. The maximum Gasteiger partial charge on any atom is 0.0368 e. The molecule has 1 aromatic rings. The molecule has 0 amide bonds. The van der Waals surface area contributed by atoms with Crippen LogP contribution in [-0.2, 0) is 6.42 Å². The van der Waals surface area contributed by atoms with E-state index in [1.807, 2.05) is 0 Å². The standard InChI is InChI=1S/C30H53N3/c1-24(2)16-21-33(30-17-19-32(20-18-30)23-28(31)22-25(3)4)29-14-12-27(13-15-29)11-10-26-8-6-5-7-9-26/h12-15,24-26,28,30H,5-11,16-23,31H2,1-4H3/t28-/m0/s1. The molecule has 1 saturated carbocycles. The van der Waals surface area contributed by atoms with E-state index in [0.717, 1.165) is 24.8 Å². The summed E-state index contributed by atoms with van der Waals surface area (Å²) in [6, 6.07) is 10.7. The highest BCUT2D eigenvalue weighted by molar-refractivity contribution is 5.49. The van der Waals surface area contributed by atoms with E-state index in [1.165, 1.54) is 95.1 Å². The molecule has 3 nitrogen and oxygen atoms in total. The summed E-state index contributed by atoms with van der Waals surface area (Å²) in [5, 5.41) is 0. The van der Waals surface area contributed by atoms with Crippen molar-refractivity contribution in [3.8, 4) is 0 Å². The van der Waals surface area contributed by atoms with Crippen LogP contribution in [0, 0.1) is 17.8 Å². The Kier molecular flexibility index (Phi) is 11.0. The van der Waals surface area contributed by atoms with Gasteiger partial charge in [0.25, 0.3) is 0 Å². The van der Waals surface area contributed by atoms with E-state index < -0.39 is 0 Å². The van der Waals surface area contributed by atoms with E-state index in [-0.39, 0.29) is 0 Å². The molecular weight excluding hydrogens is 402 g/mol. The number of hydrogen-bond donors (Lipinski definition) is 1. The Hall–Kier alpha value is -1.06. The van der Waals surface area contributed by atoms with Gasteiger partial charge >= 0.3 is 0 Å². The summed E-state index contributed by atoms with van der Waals surface area (Å²) in [6.45, 7) is 13.9. The van der Waals surface area contributed by atoms with Gasteiger partial charge in [0, 0.05) is 44.0 Å². The molecule has 1 aliphatic carbocycles. The van der Waals surface area contributed by atoms with Gasteiger partial charge in [0.2, 0.25) is 0 Å². The first-order valence-corrected chi connectivity index (χ1v) is 14.2. The summed E-state index contributed by atoms with van der Waals surface area (Å²) < 4.78 is 0. The van der Waals surface area contributed by atoms with Gasteiger partial charge in [-0.2, -0.15) is 0 Å². The smallest absolute Gasteiger partial charge is 0.0368 e. The summed E-state index contributed by atoms with van der Waals surface area (Å²) in [5.41, 5.74) is 9.37. The molecule has 1 aliphatic heterocycles. The maximum absolute atomic E-state index is 6.41. The molecule has 2 fully saturated rings. The van der Waals surface area contributed by atoms with Crippen LogP contribution in [0.1, 0.15) is 97.5 Å². The van der Waals surface area contributed by atoms with E-state index >= 15 is 0 Å². The van der Waals surface area contributed by atoms with Crippen LogP contribution in [0.3, 0.4) is 0 Å². The van der Waals surface area contributed by atoms with Gasteiger partial charge in [0.15, 0.2) is 0 Å². The van der Waals surface area contributed by atoms with Crippen molar-refractivity contribution in [1.29, 1.82) is 0 Å². The Balaban J connectivity index is 1.54. The molecule has 0 unspecified atom stereocenters. The molecular formula is C30H53N3. The number of piperidine rings is 1. The molecule has 0 radical (unpaired) electrons. The Labute approximate surface area is 205 Å². The van der Waals surface area contributed by atoms with Gasteiger partial charge in [-0.15, -0.1) is 0 Å². The number of nitrogens with two attached hydrogens (primary N) is 1. The molecule has 1 saturated heterocycles. The fraction of sp³-hybridized carbons (Fsp3) is 0.800. The molecule has 3 heteroatoms. The average Bonchev–Trinajstić information content (AvgIpc) is 2.79. The third kappa shape index (κ3) is 9.25. The average molecular weight is 456 g/mol. The van der Waals surface area contributed by atoms with Gasteiger partial charge in [-0.05, 0) is 74.0 Å². The van der Waals surface area contributed by atoms with Crippen LogP contribution in [0.25, 0.3) is 0 Å². The zero-order chi connectivity index (χ0) is 23.6. The summed E-state index contributed by atoms with van der Waals surface area (Å²) >= 11 is 0. The molecule has 0 spiro atoms. The molecule has 2 aliphatic rings. The minimum absolute atomic E-state index is 0.319. The van der Waals surface area contributed by atoms with Crippen LogP contribution in [0.15, 0.2) is 24.3 Å². The lowest BCUT2D eigenvalue weighted by atomic mass is 9.85. The minimum atomic E-state index is 0.319. The molecule has 33 heavy (non-hydrogen) atoms. The minimum Gasteiger partial charge on any atom is -0.368 e. The van der Waals surface area contributed by atoms with Crippen molar-refractivity contribution < 1.29 is 0 Å². The molecule has 2 N–H and O–H groups in total. The Bertz CT molecular complexity index is 639. The lowest BCUT2D eigenvalue weighted by Gasteiger charge is -2.41. The van der Waals surface area contributed by atoms with Crippen LogP contribution in [0.2, 0.25) is 0 Å². The molecule has 0 bridgehead atoms. The largest absolute Gasteiger partial charge is 0.368 e. The highest BCUT2D eigenvalue weighted by atomic mass is 15.2. The first-order chi connectivity index (χ1) is 15.9. The van der Waals surface area contributed by atoms with Crippen molar-refractivity contribution in [2.45, 2.75) is 110 Å². The zero-order valence-corrected chi connectivity index (χ0v) is 22.3. The molecule has 0 aromatic heterocycles. The number of rotatable bonds is 12. The lowest BCUT2D eigenvalue weighted by Crippen LogP contribution is -2.48. The van der Waals surface area contributed by atoms with Gasteiger partial charge in [-0.3, -0.25) is 0 Å². The highest BCUT2D eigenvalue weighted by Gasteiger charge is 2.26. The van der Waals surface area contributed by atoms with Gasteiger partial charge in [0.05, 0.1) is 0 Å². The summed E-state index contributed by atoms with van der Waals surface area (Å²) in [5.74, 6) is 2.41. The van der Waals surface area contributed by atoms with Crippen molar-refractivity contribution in [3.63, 3.8) is 0 Å². The van der Waals surface area contributed by atoms with Crippen molar-refractivity contribution >= 4 is 5.69 Å². The maximum atomic E-state index is 6.41. The van der Waals surface area contributed by atoms with Crippen molar-refractivity contribution in [3.05, 3.63) is 29.8 Å². The second-order valence-corrected chi connectivity index (χ2v) is 12.0. The van der Waals surface area contributed by atoms with E-state index in [1.54, 1.807) is 0 Å². The fourth-order valence-electron chi connectivity index (χ4n) is 6.05. The van der Waals surface area contributed by atoms with Crippen molar-refractivity contribution in [1.82, 2.24) is 4.90 Å². The van der Waals surface area contributed by atoms with Gasteiger partial charge in [-0.25, -0.2) is 0 Å². The lowest BCUT2D eigenvalue weighted by molar-refractivity contribution is 0.191. The van der Waals surface area contributed by atoms with Gasteiger partial charge in [-0.1, -0.05) is 71.9 Å². The van der Waals surface area contributed by atoms with E-state index in [0.29, 0.717) is 18.0 Å². The third-order valence-corrected chi connectivity index (χ3v) is 8.05. The number of hydrogen-bond acceptors (Lipinski definition) is 3. The Morgan fingerprint density at radius 2 is 1.58 bits per heavy atom. The summed E-state index contributed by atoms with van der Waals surface area (Å²) in [4.78, 5) is 5.34. The number of anilines is 1. The van der Waals surface area contributed by atoms with Crippen LogP contribution in [0.5, 0.6) is 0 Å². The quantitative estimate of drug-likeness (QED) is 0.372. The van der Waals surface area contributed by atoms with E-state index in [2.05, 4.69) is 61.8 Å². The molecule has 1 heterocycles. The van der Waals surface area contributed by atoms with Gasteiger partial charge in [0.1, 0.15) is 0 Å². The second-order valence-electron chi connectivity index (χ2n) is 12.0. The summed E-state index contributed by atoms with van der Waals surface area (Å²) in [6.07, 6.45) is 14.8. The summed E-state index contributed by atoms with van der Waals surface area (Å²) in [7, 11) is 0. The predicted molar refractivity (Wildman–Crippen MR) is 145 cm³/mol.